The molecule has 0 unspecified atom stereocenters. The molecule has 0 fully saturated rings. The van der Waals surface area contributed by atoms with Crippen molar-refractivity contribution in [1.29, 1.82) is 0 Å². The summed E-state index contributed by atoms with van der Waals surface area (Å²) in [6, 6.07) is 15.4. The Morgan fingerprint density at radius 3 is 3.00 bits per heavy atom. The predicted octanol–water partition coefficient (Wildman–Crippen LogP) is 2.61. The van der Waals surface area contributed by atoms with Gasteiger partial charge in [-0.15, -0.1) is 0 Å². The molecule has 120 valence electrons. The fourth-order valence-electron chi connectivity index (χ4n) is 2.91. The van der Waals surface area contributed by atoms with E-state index >= 15 is 0 Å². The smallest absolute Gasteiger partial charge is 0.251 e. The van der Waals surface area contributed by atoms with Crippen LogP contribution in [0.2, 0.25) is 0 Å². The maximum Gasteiger partial charge on any atom is 0.251 e. The van der Waals surface area contributed by atoms with E-state index in [-0.39, 0.29) is 11.9 Å². The largest absolute Gasteiger partial charge is 0.491 e. The number of rotatable bonds is 3. The van der Waals surface area contributed by atoms with Crippen molar-refractivity contribution < 1.29 is 9.53 Å². The lowest BCUT2D eigenvalue weighted by atomic mass is 10.0. The van der Waals surface area contributed by atoms with Crippen LogP contribution in [0.3, 0.4) is 0 Å². The fourth-order valence-corrected chi connectivity index (χ4v) is 2.91. The molecule has 24 heavy (non-hydrogen) atoms. The second kappa shape index (κ2) is 6.20. The van der Waals surface area contributed by atoms with Crippen molar-refractivity contribution in [2.75, 3.05) is 6.61 Å². The van der Waals surface area contributed by atoms with E-state index < -0.39 is 0 Å². The van der Waals surface area contributed by atoms with Crippen molar-refractivity contribution in [2.45, 2.75) is 12.5 Å². The fraction of sp³-hybridized carbons (Fsp3) is 0.158. The number of fused-ring (bicyclic) bond motifs is 1. The molecule has 1 atom stereocenters. The molecule has 2 heterocycles. The number of benzene rings is 2. The minimum Gasteiger partial charge on any atom is -0.491 e. The van der Waals surface area contributed by atoms with E-state index in [4.69, 9.17) is 4.74 Å². The SMILES string of the molecule is O=C(N[C@H]1COc2ccccc2C1)c1cccc(-n2ccnc2)c1. The zero-order chi connectivity index (χ0) is 16.4. The Balaban J connectivity index is 1.48. The molecule has 5 heteroatoms. The minimum absolute atomic E-state index is 0.0238. The van der Waals surface area contributed by atoms with Crippen LogP contribution in [-0.4, -0.2) is 28.1 Å². The second-order valence-electron chi connectivity index (χ2n) is 5.81. The van der Waals surface area contributed by atoms with Crippen molar-refractivity contribution in [3.05, 3.63) is 78.4 Å². The number of para-hydroxylation sites is 1. The number of carbonyl (C=O) groups excluding carboxylic acids is 1. The van der Waals surface area contributed by atoms with Crippen LogP contribution < -0.4 is 10.1 Å². The highest BCUT2D eigenvalue weighted by Crippen LogP contribution is 2.24. The number of hydrogen-bond donors (Lipinski definition) is 1. The summed E-state index contributed by atoms with van der Waals surface area (Å²) in [7, 11) is 0. The van der Waals surface area contributed by atoms with Gasteiger partial charge >= 0.3 is 0 Å². The van der Waals surface area contributed by atoms with Gasteiger partial charge in [0.25, 0.3) is 5.91 Å². The number of amides is 1. The topological polar surface area (TPSA) is 56.1 Å². The zero-order valence-corrected chi connectivity index (χ0v) is 13.1. The zero-order valence-electron chi connectivity index (χ0n) is 13.1. The van der Waals surface area contributed by atoms with E-state index in [2.05, 4.69) is 10.3 Å². The number of ether oxygens (including phenoxy) is 1. The first-order chi connectivity index (χ1) is 11.8. The summed E-state index contributed by atoms with van der Waals surface area (Å²) in [5.74, 6) is 0.815. The highest BCUT2D eigenvalue weighted by molar-refractivity contribution is 5.95. The molecule has 1 aromatic heterocycles. The molecular formula is C19H17N3O2. The molecule has 3 aromatic rings. The van der Waals surface area contributed by atoms with Gasteiger partial charge in [0.1, 0.15) is 12.4 Å². The number of aromatic nitrogens is 2. The molecular weight excluding hydrogens is 302 g/mol. The molecule has 1 N–H and O–H groups in total. The molecule has 0 radical (unpaired) electrons. The van der Waals surface area contributed by atoms with E-state index in [1.165, 1.54) is 0 Å². The lowest BCUT2D eigenvalue weighted by molar-refractivity contribution is 0.0915. The van der Waals surface area contributed by atoms with E-state index in [1.807, 2.05) is 59.3 Å². The molecule has 0 spiro atoms. The van der Waals surface area contributed by atoms with Gasteiger partial charge < -0.3 is 14.6 Å². The average Bonchev–Trinajstić information content (AvgIpc) is 3.16. The number of nitrogens with zero attached hydrogens (tertiary/aromatic N) is 2. The van der Waals surface area contributed by atoms with Crippen LogP contribution in [0.15, 0.2) is 67.3 Å². The number of hydrogen-bond acceptors (Lipinski definition) is 3. The molecule has 0 aliphatic carbocycles. The summed E-state index contributed by atoms with van der Waals surface area (Å²) in [5, 5.41) is 3.06. The maximum atomic E-state index is 12.6. The van der Waals surface area contributed by atoms with Gasteiger partial charge in [0.15, 0.2) is 0 Å². The number of carbonyl (C=O) groups is 1. The van der Waals surface area contributed by atoms with Crippen LogP contribution in [-0.2, 0) is 6.42 Å². The van der Waals surface area contributed by atoms with E-state index in [9.17, 15) is 4.79 Å². The van der Waals surface area contributed by atoms with Crippen LogP contribution in [0.25, 0.3) is 5.69 Å². The third-order valence-corrected chi connectivity index (χ3v) is 4.13. The van der Waals surface area contributed by atoms with Gasteiger partial charge in [0.2, 0.25) is 0 Å². The lowest BCUT2D eigenvalue weighted by Crippen LogP contribution is -2.42. The third-order valence-electron chi connectivity index (χ3n) is 4.13. The van der Waals surface area contributed by atoms with E-state index in [1.54, 1.807) is 12.5 Å². The molecule has 4 rings (SSSR count). The average molecular weight is 319 g/mol. The molecule has 1 aliphatic rings. The van der Waals surface area contributed by atoms with Gasteiger partial charge in [-0.3, -0.25) is 4.79 Å². The molecule has 0 saturated heterocycles. The summed E-state index contributed by atoms with van der Waals surface area (Å²) >= 11 is 0. The predicted molar refractivity (Wildman–Crippen MR) is 90.5 cm³/mol. The maximum absolute atomic E-state index is 12.6. The normalized spacial score (nSPS) is 16.1. The van der Waals surface area contributed by atoms with Gasteiger partial charge in [0.05, 0.1) is 12.4 Å². The van der Waals surface area contributed by atoms with Crippen molar-refractivity contribution in [2.24, 2.45) is 0 Å². The van der Waals surface area contributed by atoms with Crippen molar-refractivity contribution >= 4 is 5.91 Å². The third kappa shape index (κ3) is 2.88. The highest BCUT2D eigenvalue weighted by atomic mass is 16.5. The lowest BCUT2D eigenvalue weighted by Gasteiger charge is -2.26. The Kier molecular flexibility index (Phi) is 3.75. The Hall–Kier alpha value is -3.08. The monoisotopic (exact) mass is 319 g/mol. The standard InChI is InChI=1S/C19H17N3O2/c23-19(15-5-3-6-17(11-15)22-9-8-20-13-22)21-16-10-14-4-1-2-7-18(14)24-12-16/h1-9,11,13,16H,10,12H2,(H,21,23)/t16-/m1/s1. The summed E-state index contributed by atoms with van der Waals surface area (Å²) in [6.45, 7) is 0.490. The van der Waals surface area contributed by atoms with E-state index in [0.29, 0.717) is 12.2 Å². The van der Waals surface area contributed by atoms with Gasteiger partial charge in [-0.2, -0.15) is 0 Å². The van der Waals surface area contributed by atoms with Gasteiger partial charge in [-0.1, -0.05) is 24.3 Å². The Labute approximate surface area is 139 Å². The quantitative estimate of drug-likeness (QED) is 0.807. The first-order valence-electron chi connectivity index (χ1n) is 7.89. The van der Waals surface area contributed by atoms with Crippen LogP contribution in [0.1, 0.15) is 15.9 Å². The summed E-state index contributed by atoms with van der Waals surface area (Å²) in [6.07, 6.45) is 6.05. The second-order valence-corrected chi connectivity index (χ2v) is 5.81. The Morgan fingerprint density at radius 2 is 2.12 bits per heavy atom. The summed E-state index contributed by atoms with van der Waals surface area (Å²) in [4.78, 5) is 16.6. The molecule has 0 saturated carbocycles. The van der Waals surface area contributed by atoms with Crippen LogP contribution in [0, 0.1) is 0 Å². The van der Waals surface area contributed by atoms with Crippen molar-refractivity contribution in [3.63, 3.8) is 0 Å². The van der Waals surface area contributed by atoms with Crippen LogP contribution in [0.5, 0.6) is 5.75 Å². The Morgan fingerprint density at radius 1 is 1.21 bits per heavy atom. The molecule has 1 amide bonds. The molecule has 1 aliphatic heterocycles. The van der Waals surface area contributed by atoms with Crippen molar-refractivity contribution in [1.82, 2.24) is 14.9 Å². The minimum atomic E-state index is -0.0926. The molecule has 2 aromatic carbocycles. The summed E-state index contributed by atoms with van der Waals surface area (Å²) in [5.41, 5.74) is 2.66. The van der Waals surface area contributed by atoms with Gasteiger partial charge in [-0.05, 0) is 36.2 Å². The number of imidazole rings is 1. The van der Waals surface area contributed by atoms with E-state index in [0.717, 1.165) is 23.4 Å². The van der Waals surface area contributed by atoms with Crippen LogP contribution >= 0.6 is 0 Å². The van der Waals surface area contributed by atoms with Crippen LogP contribution in [0.4, 0.5) is 0 Å². The first-order valence-corrected chi connectivity index (χ1v) is 7.89. The molecule has 5 nitrogen and oxygen atoms in total. The van der Waals surface area contributed by atoms with Gasteiger partial charge in [0, 0.05) is 23.6 Å². The van der Waals surface area contributed by atoms with Crippen molar-refractivity contribution in [3.8, 4) is 11.4 Å². The summed E-state index contributed by atoms with van der Waals surface area (Å²) < 4.78 is 7.60. The first kappa shape index (κ1) is 14.5. The van der Waals surface area contributed by atoms with Gasteiger partial charge in [-0.25, -0.2) is 4.98 Å². The number of nitrogens with one attached hydrogen (secondary N) is 1. The highest BCUT2D eigenvalue weighted by Gasteiger charge is 2.21. The Bertz CT molecular complexity index is 859. The molecule has 0 bridgehead atoms.